The van der Waals surface area contributed by atoms with E-state index in [2.05, 4.69) is 15.3 Å². The zero-order chi connectivity index (χ0) is 21.0. The van der Waals surface area contributed by atoms with Gasteiger partial charge >= 0.3 is 0 Å². The molecule has 0 saturated carbocycles. The Morgan fingerprint density at radius 1 is 1.17 bits per heavy atom. The maximum atomic E-state index is 12.3. The van der Waals surface area contributed by atoms with Crippen molar-refractivity contribution in [2.24, 2.45) is 7.05 Å². The van der Waals surface area contributed by atoms with Crippen LogP contribution < -0.4 is 5.32 Å². The van der Waals surface area contributed by atoms with Crippen LogP contribution in [0.15, 0.2) is 47.5 Å². The lowest BCUT2D eigenvalue weighted by Gasteiger charge is -2.10. The molecule has 2 aromatic heterocycles. The number of benzene rings is 1. The molecule has 0 bridgehead atoms. The van der Waals surface area contributed by atoms with Crippen LogP contribution in [0.2, 0.25) is 0 Å². The van der Waals surface area contributed by atoms with E-state index in [1.165, 1.54) is 18.4 Å². The third-order valence-electron chi connectivity index (χ3n) is 4.73. The van der Waals surface area contributed by atoms with E-state index in [4.69, 9.17) is 0 Å². The maximum absolute atomic E-state index is 12.3. The van der Waals surface area contributed by atoms with E-state index in [1.807, 2.05) is 29.8 Å². The Kier molecular flexibility index (Phi) is 6.29. The summed E-state index contributed by atoms with van der Waals surface area (Å²) in [7, 11) is 1.34. The van der Waals surface area contributed by atoms with Crippen LogP contribution >= 0.6 is 0 Å². The quantitative estimate of drug-likeness (QED) is 0.601. The number of fused-ring (bicyclic) bond motifs is 1. The molecule has 0 aliphatic heterocycles. The van der Waals surface area contributed by atoms with Gasteiger partial charge in [0.2, 0.25) is 15.9 Å². The van der Waals surface area contributed by atoms with Gasteiger partial charge in [0.25, 0.3) is 0 Å². The van der Waals surface area contributed by atoms with Gasteiger partial charge in [0.1, 0.15) is 5.82 Å². The minimum atomic E-state index is -3.52. The molecule has 0 atom stereocenters. The normalized spacial score (nSPS) is 11.9. The van der Waals surface area contributed by atoms with Crippen molar-refractivity contribution in [3.63, 3.8) is 0 Å². The molecule has 0 aliphatic carbocycles. The number of carbonyl (C=O) groups is 1. The van der Waals surface area contributed by atoms with Gasteiger partial charge in [-0.2, -0.15) is 0 Å². The van der Waals surface area contributed by atoms with E-state index >= 15 is 0 Å². The molecule has 3 aromatic rings. The summed E-state index contributed by atoms with van der Waals surface area (Å²) in [5.41, 5.74) is 2.36. The molecule has 9 heteroatoms. The third-order valence-corrected chi connectivity index (χ3v) is 6.54. The summed E-state index contributed by atoms with van der Waals surface area (Å²) in [6.07, 6.45) is 3.19. The predicted octanol–water partition coefficient (Wildman–Crippen LogP) is 1.51. The minimum Gasteiger partial charge on any atom is -0.356 e. The lowest BCUT2D eigenvalue weighted by molar-refractivity contribution is -0.121. The fourth-order valence-electron chi connectivity index (χ4n) is 3.01. The highest BCUT2D eigenvalue weighted by Crippen LogP contribution is 2.21. The summed E-state index contributed by atoms with van der Waals surface area (Å²) < 4.78 is 27.7. The lowest BCUT2D eigenvalue weighted by Crippen LogP contribution is -2.26. The monoisotopic (exact) mass is 415 g/mol. The number of sulfonamides is 1. The molecule has 154 valence electrons. The largest absolute Gasteiger partial charge is 0.356 e. The molecule has 2 heterocycles. The van der Waals surface area contributed by atoms with E-state index in [0.717, 1.165) is 17.0 Å². The molecule has 8 nitrogen and oxygen atoms in total. The first kappa shape index (κ1) is 20.9. The van der Waals surface area contributed by atoms with Crippen molar-refractivity contribution < 1.29 is 13.2 Å². The Labute approximate surface area is 170 Å². The summed E-state index contributed by atoms with van der Waals surface area (Å²) >= 11 is 0. The Morgan fingerprint density at radius 3 is 2.66 bits per heavy atom. The second kappa shape index (κ2) is 8.71. The van der Waals surface area contributed by atoms with E-state index < -0.39 is 10.0 Å². The summed E-state index contributed by atoms with van der Waals surface area (Å²) in [5.74, 6) is 0.683. The zero-order valence-corrected chi connectivity index (χ0v) is 17.6. The van der Waals surface area contributed by atoms with Crippen LogP contribution in [0.5, 0.6) is 0 Å². The predicted molar refractivity (Wildman–Crippen MR) is 111 cm³/mol. The fourth-order valence-corrected chi connectivity index (χ4v) is 3.94. The summed E-state index contributed by atoms with van der Waals surface area (Å²) in [6, 6.07) is 10.6. The van der Waals surface area contributed by atoms with Crippen molar-refractivity contribution in [2.45, 2.75) is 24.2 Å². The maximum Gasteiger partial charge on any atom is 0.242 e. The van der Waals surface area contributed by atoms with Gasteiger partial charge < -0.3 is 9.88 Å². The standard InChI is InChI=1S/C20H25N5O3S/c1-24(2)29(27,28)16-7-8-18-17(14-16)23-19(25(18)3)9-10-20(26)22-13-11-15-6-4-5-12-21-15/h4-8,12,14H,9-11,13H2,1-3H3,(H,22,26). The molecule has 3 rings (SSSR count). The van der Waals surface area contributed by atoms with Gasteiger partial charge in [0.15, 0.2) is 0 Å². The molecule has 0 aliphatic rings. The third kappa shape index (κ3) is 4.80. The molecule has 0 fully saturated rings. The van der Waals surface area contributed by atoms with E-state index in [9.17, 15) is 13.2 Å². The van der Waals surface area contributed by atoms with Crippen LogP contribution in [0.3, 0.4) is 0 Å². The first-order valence-corrected chi connectivity index (χ1v) is 10.8. The van der Waals surface area contributed by atoms with Crippen LogP contribution in [0.4, 0.5) is 0 Å². The van der Waals surface area contributed by atoms with Crippen molar-refractivity contribution >= 4 is 27.0 Å². The Hall–Kier alpha value is -2.78. The lowest BCUT2D eigenvalue weighted by atomic mass is 10.2. The molecular formula is C20H25N5O3S. The second-order valence-corrected chi connectivity index (χ2v) is 9.10. The van der Waals surface area contributed by atoms with E-state index in [-0.39, 0.29) is 10.8 Å². The highest BCUT2D eigenvalue weighted by atomic mass is 32.2. The first-order chi connectivity index (χ1) is 13.8. The van der Waals surface area contributed by atoms with Gasteiger partial charge in [-0.15, -0.1) is 0 Å². The number of amides is 1. The second-order valence-electron chi connectivity index (χ2n) is 6.95. The number of imidazole rings is 1. The number of aryl methyl sites for hydroxylation is 2. The highest BCUT2D eigenvalue weighted by molar-refractivity contribution is 7.89. The topological polar surface area (TPSA) is 97.2 Å². The molecule has 1 amide bonds. The number of hydrogen-bond acceptors (Lipinski definition) is 5. The average molecular weight is 416 g/mol. The number of nitrogens with zero attached hydrogens (tertiary/aromatic N) is 4. The van der Waals surface area contributed by atoms with Crippen molar-refractivity contribution in [3.05, 3.63) is 54.1 Å². The molecule has 29 heavy (non-hydrogen) atoms. The first-order valence-electron chi connectivity index (χ1n) is 9.33. The van der Waals surface area contributed by atoms with Crippen molar-refractivity contribution in [1.82, 2.24) is 24.2 Å². The number of aromatic nitrogens is 3. The van der Waals surface area contributed by atoms with Crippen LogP contribution in [0.25, 0.3) is 11.0 Å². The SMILES string of the molecule is CN(C)S(=O)(=O)c1ccc2c(c1)nc(CCC(=O)NCCc1ccccn1)n2C. The number of carbonyl (C=O) groups excluding carboxylic acids is 1. The van der Waals surface area contributed by atoms with Crippen LogP contribution in [0.1, 0.15) is 17.9 Å². The number of rotatable bonds is 8. The average Bonchev–Trinajstić information content (AvgIpc) is 3.02. The molecule has 0 radical (unpaired) electrons. The van der Waals surface area contributed by atoms with Gasteiger partial charge in [-0.05, 0) is 30.3 Å². The van der Waals surface area contributed by atoms with Crippen LogP contribution in [-0.2, 0) is 34.7 Å². The Balaban J connectivity index is 1.62. The smallest absolute Gasteiger partial charge is 0.242 e. The minimum absolute atomic E-state index is 0.0520. The summed E-state index contributed by atoms with van der Waals surface area (Å²) in [4.78, 5) is 21.1. The van der Waals surface area contributed by atoms with Crippen LogP contribution in [0, 0.1) is 0 Å². The van der Waals surface area contributed by atoms with Gasteiger partial charge in [0.05, 0.1) is 15.9 Å². The number of pyridine rings is 1. The van der Waals surface area contributed by atoms with Crippen molar-refractivity contribution in [1.29, 1.82) is 0 Å². The Bertz CT molecular complexity index is 1110. The van der Waals surface area contributed by atoms with Gasteiger partial charge in [-0.25, -0.2) is 17.7 Å². The molecule has 1 N–H and O–H groups in total. The number of nitrogens with one attached hydrogen (secondary N) is 1. The van der Waals surface area contributed by atoms with Crippen molar-refractivity contribution in [3.8, 4) is 0 Å². The van der Waals surface area contributed by atoms with Gasteiger partial charge in [-0.1, -0.05) is 6.07 Å². The number of hydrogen-bond donors (Lipinski definition) is 1. The fraction of sp³-hybridized carbons (Fsp3) is 0.350. The zero-order valence-electron chi connectivity index (χ0n) is 16.8. The molecule has 0 unspecified atom stereocenters. The Morgan fingerprint density at radius 2 is 1.97 bits per heavy atom. The van der Waals surface area contributed by atoms with Crippen molar-refractivity contribution in [2.75, 3.05) is 20.6 Å². The summed E-state index contributed by atoms with van der Waals surface area (Å²) in [6.45, 7) is 0.532. The molecular weight excluding hydrogens is 390 g/mol. The molecule has 1 aromatic carbocycles. The van der Waals surface area contributed by atoms with E-state index in [0.29, 0.717) is 31.3 Å². The van der Waals surface area contributed by atoms with Crippen LogP contribution in [-0.4, -0.2) is 53.8 Å². The van der Waals surface area contributed by atoms with Gasteiger partial charge in [-0.3, -0.25) is 9.78 Å². The molecule has 0 spiro atoms. The highest BCUT2D eigenvalue weighted by Gasteiger charge is 2.19. The molecule has 0 saturated heterocycles. The van der Waals surface area contributed by atoms with Gasteiger partial charge in [0, 0.05) is 58.8 Å². The summed E-state index contributed by atoms with van der Waals surface area (Å²) in [5, 5.41) is 2.90. The van der Waals surface area contributed by atoms with E-state index in [1.54, 1.807) is 24.4 Å².